The van der Waals surface area contributed by atoms with Crippen LogP contribution in [0, 0.1) is 0 Å². The Morgan fingerprint density at radius 2 is 2.05 bits per heavy atom. The van der Waals surface area contributed by atoms with Crippen molar-refractivity contribution in [2.24, 2.45) is 0 Å². The van der Waals surface area contributed by atoms with Crippen molar-refractivity contribution in [2.45, 2.75) is 37.8 Å². The highest BCUT2D eigenvalue weighted by molar-refractivity contribution is 5.87. The molecule has 20 heavy (non-hydrogen) atoms. The molecule has 1 aliphatic rings. The lowest BCUT2D eigenvalue weighted by molar-refractivity contribution is -0.142. The highest BCUT2D eigenvalue weighted by Gasteiger charge is 2.26. The van der Waals surface area contributed by atoms with Crippen LogP contribution in [0.5, 0.6) is 0 Å². The second-order valence-corrected chi connectivity index (χ2v) is 5.09. The molecule has 0 aliphatic carbocycles. The van der Waals surface area contributed by atoms with E-state index in [1.165, 1.54) is 0 Å². The Labute approximate surface area is 118 Å². The molecule has 0 unspecified atom stereocenters. The summed E-state index contributed by atoms with van der Waals surface area (Å²) in [5.41, 5.74) is 0.900. The van der Waals surface area contributed by atoms with Crippen LogP contribution in [0.2, 0.25) is 0 Å². The van der Waals surface area contributed by atoms with Crippen LogP contribution in [0.3, 0.4) is 0 Å². The molecule has 1 saturated heterocycles. The molecular weight excluding hydrogens is 256 g/mol. The molecule has 5 nitrogen and oxygen atoms in total. The Bertz CT molecular complexity index is 455. The van der Waals surface area contributed by atoms with Gasteiger partial charge in [-0.05, 0) is 24.9 Å². The summed E-state index contributed by atoms with van der Waals surface area (Å²) in [6.45, 7) is 0.814. The zero-order valence-corrected chi connectivity index (χ0v) is 11.3. The standard InChI is InChI=1S/C15H20N2O3/c18-14(12-8-4-5-9-16-12)17-13(15(19)20)10-11-6-2-1-3-7-11/h1-3,6-7,12-13,16H,4-5,8-10H2,(H,17,18)(H,19,20)/t12-,13-/m1/s1. The van der Waals surface area contributed by atoms with Gasteiger partial charge >= 0.3 is 5.97 Å². The molecule has 108 valence electrons. The van der Waals surface area contributed by atoms with E-state index in [1.54, 1.807) is 0 Å². The van der Waals surface area contributed by atoms with Gasteiger partial charge in [0, 0.05) is 6.42 Å². The van der Waals surface area contributed by atoms with Gasteiger partial charge in [-0.1, -0.05) is 36.8 Å². The molecule has 5 heteroatoms. The van der Waals surface area contributed by atoms with Crippen molar-refractivity contribution >= 4 is 11.9 Å². The summed E-state index contributed by atoms with van der Waals surface area (Å²) in [5, 5.41) is 15.0. The first kappa shape index (κ1) is 14.5. The molecule has 3 N–H and O–H groups in total. The predicted molar refractivity (Wildman–Crippen MR) is 75.4 cm³/mol. The number of hydrogen-bond donors (Lipinski definition) is 3. The van der Waals surface area contributed by atoms with E-state index in [0.717, 1.165) is 31.4 Å². The third-order valence-electron chi connectivity index (χ3n) is 3.52. The normalized spacial score (nSPS) is 20.1. The smallest absolute Gasteiger partial charge is 0.326 e. The first-order chi connectivity index (χ1) is 9.66. The highest BCUT2D eigenvalue weighted by Crippen LogP contribution is 2.08. The van der Waals surface area contributed by atoms with E-state index in [4.69, 9.17) is 0 Å². The second-order valence-electron chi connectivity index (χ2n) is 5.09. The average Bonchev–Trinajstić information content (AvgIpc) is 2.48. The third kappa shape index (κ3) is 4.06. The number of aliphatic carboxylic acids is 1. The molecule has 0 aromatic heterocycles. The van der Waals surface area contributed by atoms with E-state index in [2.05, 4.69) is 10.6 Å². The molecule has 1 aromatic carbocycles. The Morgan fingerprint density at radius 1 is 1.30 bits per heavy atom. The first-order valence-corrected chi connectivity index (χ1v) is 6.97. The first-order valence-electron chi connectivity index (χ1n) is 6.97. The van der Waals surface area contributed by atoms with Gasteiger partial charge in [0.1, 0.15) is 6.04 Å². The zero-order chi connectivity index (χ0) is 14.4. The van der Waals surface area contributed by atoms with Crippen molar-refractivity contribution in [3.05, 3.63) is 35.9 Å². The minimum absolute atomic E-state index is 0.215. The molecule has 0 bridgehead atoms. The fraction of sp³-hybridized carbons (Fsp3) is 0.467. The van der Waals surface area contributed by atoms with Crippen LogP contribution >= 0.6 is 0 Å². The topological polar surface area (TPSA) is 78.4 Å². The van der Waals surface area contributed by atoms with Crippen LogP contribution in [0.4, 0.5) is 0 Å². The number of rotatable bonds is 5. The van der Waals surface area contributed by atoms with Crippen LogP contribution in [-0.2, 0) is 16.0 Å². The summed E-state index contributed by atoms with van der Waals surface area (Å²) < 4.78 is 0. The molecule has 2 atom stereocenters. The maximum atomic E-state index is 12.1. The fourth-order valence-electron chi connectivity index (χ4n) is 2.40. The van der Waals surface area contributed by atoms with Crippen LogP contribution < -0.4 is 10.6 Å². The van der Waals surface area contributed by atoms with E-state index in [0.29, 0.717) is 6.42 Å². The number of carboxylic acid groups (broad SMARTS) is 1. The lowest BCUT2D eigenvalue weighted by atomic mass is 10.0. The summed E-state index contributed by atoms with van der Waals surface area (Å²) >= 11 is 0. The van der Waals surface area contributed by atoms with E-state index in [1.807, 2.05) is 30.3 Å². The van der Waals surface area contributed by atoms with Crippen molar-refractivity contribution in [3.63, 3.8) is 0 Å². The molecule has 0 saturated carbocycles. The van der Waals surface area contributed by atoms with Crippen molar-refractivity contribution in [1.29, 1.82) is 0 Å². The Balaban J connectivity index is 1.95. The van der Waals surface area contributed by atoms with Crippen molar-refractivity contribution < 1.29 is 14.7 Å². The van der Waals surface area contributed by atoms with Crippen LogP contribution in [0.1, 0.15) is 24.8 Å². The SMILES string of the molecule is O=C(O)[C@@H](Cc1ccccc1)NC(=O)[C@H]1CCCCN1. The average molecular weight is 276 g/mol. The highest BCUT2D eigenvalue weighted by atomic mass is 16.4. The predicted octanol–water partition coefficient (Wildman–Crippen LogP) is 0.941. The summed E-state index contributed by atoms with van der Waals surface area (Å²) in [7, 11) is 0. The van der Waals surface area contributed by atoms with Gasteiger partial charge in [-0.2, -0.15) is 0 Å². The molecule has 0 radical (unpaired) electrons. The quantitative estimate of drug-likeness (QED) is 0.748. The van der Waals surface area contributed by atoms with Crippen molar-refractivity contribution in [3.8, 4) is 0 Å². The Hall–Kier alpha value is -1.88. The lowest BCUT2D eigenvalue weighted by Gasteiger charge is -2.24. The van der Waals surface area contributed by atoms with Gasteiger partial charge in [0.2, 0.25) is 5.91 Å². The van der Waals surface area contributed by atoms with Crippen LogP contribution in [0.25, 0.3) is 0 Å². The molecule has 1 aliphatic heterocycles. The summed E-state index contributed by atoms with van der Waals surface area (Å²) in [6.07, 6.45) is 3.13. The van der Waals surface area contributed by atoms with E-state index in [9.17, 15) is 14.7 Å². The maximum Gasteiger partial charge on any atom is 0.326 e. The van der Waals surface area contributed by atoms with Gasteiger partial charge in [-0.25, -0.2) is 4.79 Å². The molecule has 1 aromatic rings. The van der Waals surface area contributed by atoms with E-state index in [-0.39, 0.29) is 11.9 Å². The Morgan fingerprint density at radius 3 is 2.65 bits per heavy atom. The van der Waals surface area contributed by atoms with Gasteiger partial charge in [-0.15, -0.1) is 0 Å². The molecule has 1 fully saturated rings. The summed E-state index contributed by atoms with van der Waals surface area (Å²) in [6, 6.07) is 8.18. The molecular formula is C15H20N2O3. The second kappa shape index (κ2) is 7.05. The summed E-state index contributed by atoms with van der Waals surface area (Å²) in [5.74, 6) is -1.22. The van der Waals surface area contributed by atoms with Crippen molar-refractivity contribution in [2.75, 3.05) is 6.54 Å². The van der Waals surface area contributed by atoms with Gasteiger partial charge in [-0.3, -0.25) is 4.79 Å². The molecule has 2 rings (SSSR count). The number of carbonyl (C=O) groups excluding carboxylic acids is 1. The van der Waals surface area contributed by atoms with Crippen molar-refractivity contribution in [1.82, 2.24) is 10.6 Å². The number of piperidine rings is 1. The number of hydrogen-bond acceptors (Lipinski definition) is 3. The van der Waals surface area contributed by atoms with E-state index >= 15 is 0 Å². The van der Waals surface area contributed by atoms with Gasteiger partial charge in [0.25, 0.3) is 0 Å². The summed E-state index contributed by atoms with van der Waals surface area (Å²) in [4.78, 5) is 23.4. The number of nitrogens with one attached hydrogen (secondary N) is 2. The third-order valence-corrected chi connectivity index (χ3v) is 3.52. The van der Waals surface area contributed by atoms with E-state index < -0.39 is 12.0 Å². The number of carbonyl (C=O) groups is 2. The largest absolute Gasteiger partial charge is 0.480 e. The molecule has 0 spiro atoms. The maximum absolute atomic E-state index is 12.1. The van der Waals surface area contributed by atoms with Gasteiger partial charge in [0.15, 0.2) is 0 Å². The minimum Gasteiger partial charge on any atom is -0.480 e. The monoisotopic (exact) mass is 276 g/mol. The lowest BCUT2D eigenvalue weighted by Crippen LogP contribution is -2.52. The van der Waals surface area contributed by atoms with Crippen LogP contribution in [-0.4, -0.2) is 35.6 Å². The zero-order valence-electron chi connectivity index (χ0n) is 11.3. The number of benzene rings is 1. The number of carboxylic acids is 1. The van der Waals surface area contributed by atoms with Crippen LogP contribution in [0.15, 0.2) is 30.3 Å². The fourth-order valence-corrected chi connectivity index (χ4v) is 2.40. The molecule has 1 amide bonds. The molecule has 1 heterocycles. The van der Waals surface area contributed by atoms with Gasteiger partial charge < -0.3 is 15.7 Å². The Kier molecular flexibility index (Phi) is 5.12. The van der Waals surface area contributed by atoms with Gasteiger partial charge in [0.05, 0.1) is 6.04 Å². The minimum atomic E-state index is -1.00. The number of amides is 1.